The van der Waals surface area contributed by atoms with E-state index in [9.17, 15) is 0 Å². The highest BCUT2D eigenvalue weighted by molar-refractivity contribution is 5.62. The van der Waals surface area contributed by atoms with Gasteiger partial charge >= 0.3 is 0 Å². The van der Waals surface area contributed by atoms with Crippen LogP contribution in [0.3, 0.4) is 0 Å². The van der Waals surface area contributed by atoms with Crippen LogP contribution >= 0.6 is 0 Å². The molecule has 0 saturated heterocycles. The zero-order chi connectivity index (χ0) is 13.0. The van der Waals surface area contributed by atoms with Crippen molar-refractivity contribution < 1.29 is 0 Å². The third kappa shape index (κ3) is 2.77. The molecule has 0 fully saturated rings. The van der Waals surface area contributed by atoms with Gasteiger partial charge in [-0.3, -0.25) is 0 Å². The number of benzene rings is 1. The van der Waals surface area contributed by atoms with Gasteiger partial charge < -0.3 is 10.6 Å². The Kier molecular flexibility index (Phi) is 3.77. The number of aryl methyl sites for hydroxylation is 1. The molecule has 94 valence electrons. The fourth-order valence-electron chi connectivity index (χ4n) is 1.70. The van der Waals surface area contributed by atoms with Gasteiger partial charge in [-0.1, -0.05) is 12.1 Å². The molecule has 0 amide bonds. The van der Waals surface area contributed by atoms with Crippen molar-refractivity contribution in [1.82, 2.24) is 9.97 Å². The Balaban J connectivity index is 2.23. The van der Waals surface area contributed by atoms with E-state index in [2.05, 4.69) is 46.6 Å². The summed E-state index contributed by atoms with van der Waals surface area (Å²) in [5, 5.41) is 6.42. The number of nitrogens with one attached hydrogen (secondary N) is 2. The number of aromatic nitrogens is 2. The van der Waals surface area contributed by atoms with Crippen LogP contribution in [0.15, 0.2) is 30.5 Å². The van der Waals surface area contributed by atoms with E-state index < -0.39 is 0 Å². The topological polar surface area (TPSA) is 49.8 Å². The fraction of sp³-hybridized carbons (Fsp3) is 0.286. The van der Waals surface area contributed by atoms with E-state index in [1.807, 2.05) is 19.1 Å². The maximum Gasteiger partial charge on any atom is 0.224 e. The first-order valence-corrected chi connectivity index (χ1v) is 6.11. The molecule has 0 spiro atoms. The van der Waals surface area contributed by atoms with Crippen molar-refractivity contribution in [1.29, 1.82) is 0 Å². The van der Waals surface area contributed by atoms with Gasteiger partial charge in [0.25, 0.3) is 0 Å². The lowest BCUT2D eigenvalue weighted by Crippen LogP contribution is -2.04. The second kappa shape index (κ2) is 5.49. The minimum absolute atomic E-state index is 0.646. The van der Waals surface area contributed by atoms with Crippen molar-refractivity contribution in [2.24, 2.45) is 0 Å². The monoisotopic (exact) mass is 242 g/mol. The smallest absolute Gasteiger partial charge is 0.224 e. The number of rotatable bonds is 4. The molecule has 0 atom stereocenters. The summed E-state index contributed by atoms with van der Waals surface area (Å²) < 4.78 is 0. The van der Waals surface area contributed by atoms with Crippen LogP contribution in [-0.2, 0) is 0 Å². The molecule has 0 aliphatic heterocycles. The maximum atomic E-state index is 4.40. The van der Waals surface area contributed by atoms with Gasteiger partial charge in [-0.05, 0) is 44.0 Å². The largest absolute Gasteiger partial charge is 0.354 e. The molecule has 18 heavy (non-hydrogen) atoms. The summed E-state index contributed by atoms with van der Waals surface area (Å²) in [5.74, 6) is 1.45. The third-order valence-corrected chi connectivity index (χ3v) is 2.86. The predicted molar refractivity (Wildman–Crippen MR) is 75.4 cm³/mol. The second-order valence-electron chi connectivity index (χ2n) is 4.17. The molecule has 1 aromatic heterocycles. The summed E-state index contributed by atoms with van der Waals surface area (Å²) in [4.78, 5) is 8.54. The van der Waals surface area contributed by atoms with Crippen molar-refractivity contribution >= 4 is 17.5 Å². The highest BCUT2D eigenvalue weighted by Crippen LogP contribution is 2.21. The molecule has 0 radical (unpaired) electrons. The predicted octanol–water partition coefficient (Wildman–Crippen LogP) is 3.27. The quantitative estimate of drug-likeness (QED) is 0.864. The van der Waals surface area contributed by atoms with Gasteiger partial charge in [0.2, 0.25) is 5.95 Å². The zero-order valence-electron chi connectivity index (χ0n) is 11.0. The lowest BCUT2D eigenvalue weighted by atomic mass is 10.1. The van der Waals surface area contributed by atoms with E-state index in [1.165, 1.54) is 11.1 Å². The summed E-state index contributed by atoms with van der Waals surface area (Å²) in [7, 11) is 0. The van der Waals surface area contributed by atoms with Crippen LogP contribution in [0.4, 0.5) is 17.5 Å². The Morgan fingerprint density at radius 1 is 1.17 bits per heavy atom. The molecular weight excluding hydrogens is 224 g/mol. The highest BCUT2D eigenvalue weighted by Gasteiger charge is 2.03. The van der Waals surface area contributed by atoms with Crippen LogP contribution in [0.1, 0.15) is 18.1 Å². The summed E-state index contributed by atoms with van der Waals surface area (Å²) >= 11 is 0. The molecule has 2 N–H and O–H groups in total. The van der Waals surface area contributed by atoms with Gasteiger partial charge in [-0.25, -0.2) is 4.98 Å². The minimum Gasteiger partial charge on any atom is -0.354 e. The van der Waals surface area contributed by atoms with Gasteiger partial charge in [-0.15, -0.1) is 0 Å². The van der Waals surface area contributed by atoms with Gasteiger partial charge in [0.15, 0.2) is 0 Å². The molecule has 4 nitrogen and oxygen atoms in total. The molecule has 4 heteroatoms. The molecule has 1 aromatic carbocycles. The van der Waals surface area contributed by atoms with Gasteiger partial charge in [0.05, 0.1) is 0 Å². The second-order valence-corrected chi connectivity index (χ2v) is 4.17. The number of anilines is 3. The first kappa shape index (κ1) is 12.4. The van der Waals surface area contributed by atoms with Gasteiger partial charge in [0, 0.05) is 18.4 Å². The number of hydrogen-bond acceptors (Lipinski definition) is 4. The molecule has 0 unspecified atom stereocenters. The Morgan fingerprint density at radius 2 is 2.00 bits per heavy atom. The average Bonchev–Trinajstić information content (AvgIpc) is 2.36. The zero-order valence-corrected chi connectivity index (χ0v) is 11.0. The summed E-state index contributed by atoms with van der Waals surface area (Å²) in [5.41, 5.74) is 3.58. The van der Waals surface area contributed by atoms with E-state index >= 15 is 0 Å². The van der Waals surface area contributed by atoms with Crippen molar-refractivity contribution in [2.75, 3.05) is 17.2 Å². The molecule has 2 rings (SSSR count). The van der Waals surface area contributed by atoms with Crippen molar-refractivity contribution in [2.45, 2.75) is 20.8 Å². The fourth-order valence-corrected chi connectivity index (χ4v) is 1.70. The Hall–Kier alpha value is -2.10. The van der Waals surface area contributed by atoms with E-state index in [0.717, 1.165) is 18.1 Å². The summed E-state index contributed by atoms with van der Waals surface area (Å²) in [6, 6.07) is 8.06. The number of nitrogens with zero attached hydrogens (tertiary/aromatic N) is 2. The van der Waals surface area contributed by atoms with Crippen molar-refractivity contribution in [3.8, 4) is 0 Å². The van der Waals surface area contributed by atoms with Crippen LogP contribution < -0.4 is 10.6 Å². The van der Waals surface area contributed by atoms with E-state index in [1.54, 1.807) is 6.20 Å². The molecule has 0 aliphatic carbocycles. The third-order valence-electron chi connectivity index (χ3n) is 2.86. The summed E-state index contributed by atoms with van der Waals surface area (Å²) in [6.07, 6.45) is 1.75. The van der Waals surface area contributed by atoms with E-state index in [4.69, 9.17) is 0 Å². The molecular formula is C14H18N4. The Morgan fingerprint density at radius 3 is 2.78 bits per heavy atom. The molecule has 0 bridgehead atoms. The van der Waals surface area contributed by atoms with Crippen LogP contribution in [0.25, 0.3) is 0 Å². The normalized spacial score (nSPS) is 10.2. The average molecular weight is 242 g/mol. The van der Waals surface area contributed by atoms with Crippen LogP contribution in [-0.4, -0.2) is 16.5 Å². The highest BCUT2D eigenvalue weighted by atomic mass is 15.1. The first-order valence-electron chi connectivity index (χ1n) is 6.11. The first-order chi connectivity index (χ1) is 8.70. The Bertz CT molecular complexity index is 537. The Labute approximate surface area is 107 Å². The maximum absolute atomic E-state index is 4.40. The molecule has 0 saturated carbocycles. The lowest BCUT2D eigenvalue weighted by molar-refractivity contribution is 1.09. The standard InChI is InChI=1S/C14H18N4/c1-4-15-14-16-9-8-13(18-14)17-12-7-5-6-10(2)11(12)3/h5-9H,4H2,1-3H3,(H2,15,16,17,18). The summed E-state index contributed by atoms with van der Waals surface area (Å²) in [6.45, 7) is 7.04. The SMILES string of the molecule is CCNc1nccc(Nc2cccc(C)c2C)n1. The van der Waals surface area contributed by atoms with Gasteiger partial charge in [0.1, 0.15) is 5.82 Å². The van der Waals surface area contributed by atoms with Crippen molar-refractivity contribution in [3.05, 3.63) is 41.6 Å². The lowest BCUT2D eigenvalue weighted by Gasteiger charge is -2.11. The molecule has 0 aliphatic rings. The number of hydrogen-bond donors (Lipinski definition) is 2. The van der Waals surface area contributed by atoms with E-state index in [0.29, 0.717) is 5.95 Å². The molecule has 2 aromatic rings. The van der Waals surface area contributed by atoms with Crippen LogP contribution in [0.2, 0.25) is 0 Å². The van der Waals surface area contributed by atoms with Crippen LogP contribution in [0, 0.1) is 13.8 Å². The molecule has 1 heterocycles. The van der Waals surface area contributed by atoms with Crippen LogP contribution in [0.5, 0.6) is 0 Å². The van der Waals surface area contributed by atoms with Gasteiger partial charge in [-0.2, -0.15) is 4.98 Å². The van der Waals surface area contributed by atoms with E-state index in [-0.39, 0.29) is 0 Å². The van der Waals surface area contributed by atoms with Crippen molar-refractivity contribution in [3.63, 3.8) is 0 Å². The minimum atomic E-state index is 0.646.